The van der Waals surface area contributed by atoms with Crippen molar-refractivity contribution in [1.29, 1.82) is 0 Å². The van der Waals surface area contributed by atoms with E-state index in [1.165, 1.54) is 48.4 Å². The molecule has 1 saturated heterocycles. The van der Waals surface area contributed by atoms with Gasteiger partial charge in [-0.1, -0.05) is 17.7 Å². The molecular formula is C22H21BN2O8S. The van der Waals surface area contributed by atoms with Crippen LogP contribution in [0.4, 0.5) is 0 Å². The number of nitrogens with zero attached hydrogens (tertiary/aromatic N) is 2. The number of aryl methyl sites for hydroxylation is 1. The minimum atomic E-state index is -4.22. The standard InChI is InChI=1S/C22H21BN2O8S/c1-14-4-7-17(8-5-14)34(29,30)25-18-9-6-15(22(28)31-3)10-16(18)11-19(25)23-32-20(26)12-24(2)13-21(27)33-23/h4-11H,12-13H2,1-3H3. The van der Waals surface area contributed by atoms with Crippen LogP contribution in [0.1, 0.15) is 15.9 Å². The van der Waals surface area contributed by atoms with Gasteiger partial charge in [0, 0.05) is 5.39 Å². The van der Waals surface area contributed by atoms with Crippen LogP contribution < -0.4 is 5.59 Å². The zero-order chi connectivity index (χ0) is 24.6. The largest absolute Gasteiger partial charge is 0.655 e. The van der Waals surface area contributed by atoms with Crippen molar-refractivity contribution in [2.45, 2.75) is 11.8 Å². The Morgan fingerprint density at radius 1 is 1.00 bits per heavy atom. The van der Waals surface area contributed by atoms with E-state index >= 15 is 0 Å². The third kappa shape index (κ3) is 4.41. The van der Waals surface area contributed by atoms with E-state index in [1.807, 2.05) is 6.92 Å². The van der Waals surface area contributed by atoms with E-state index in [9.17, 15) is 22.8 Å². The monoisotopic (exact) mass is 484 g/mol. The molecule has 0 saturated carbocycles. The number of hydrogen-bond acceptors (Lipinski definition) is 9. The summed E-state index contributed by atoms with van der Waals surface area (Å²) in [7, 11) is -3.04. The van der Waals surface area contributed by atoms with E-state index in [4.69, 9.17) is 14.0 Å². The lowest BCUT2D eigenvalue weighted by molar-refractivity contribution is -0.145. The van der Waals surface area contributed by atoms with Crippen molar-refractivity contribution in [1.82, 2.24) is 8.87 Å². The fourth-order valence-corrected chi connectivity index (χ4v) is 5.19. The Bertz CT molecular complexity index is 1380. The smallest absolute Gasteiger partial charge is 0.493 e. The van der Waals surface area contributed by atoms with Crippen LogP contribution in [-0.2, 0) is 33.7 Å². The molecule has 0 radical (unpaired) electrons. The molecule has 0 unspecified atom stereocenters. The van der Waals surface area contributed by atoms with Gasteiger partial charge in [-0.15, -0.1) is 0 Å². The van der Waals surface area contributed by atoms with E-state index in [1.54, 1.807) is 19.2 Å². The molecule has 1 fully saturated rings. The predicted molar refractivity (Wildman–Crippen MR) is 122 cm³/mol. The molecule has 0 bridgehead atoms. The molecule has 0 amide bonds. The molecule has 4 rings (SSSR count). The first-order valence-corrected chi connectivity index (χ1v) is 11.7. The van der Waals surface area contributed by atoms with Crippen LogP contribution in [0.2, 0.25) is 0 Å². The van der Waals surface area contributed by atoms with E-state index in [0.29, 0.717) is 5.39 Å². The lowest BCUT2D eigenvalue weighted by Gasteiger charge is -2.23. The summed E-state index contributed by atoms with van der Waals surface area (Å²) in [5, 5.41) is 0.347. The second-order valence-electron chi connectivity index (χ2n) is 7.90. The molecule has 12 heteroatoms. The Morgan fingerprint density at radius 2 is 1.62 bits per heavy atom. The highest BCUT2D eigenvalue weighted by Gasteiger charge is 2.40. The highest BCUT2D eigenvalue weighted by Crippen LogP contribution is 2.24. The molecule has 1 aliphatic rings. The molecule has 1 aliphatic heterocycles. The lowest BCUT2D eigenvalue weighted by atomic mass is 9.84. The number of fused-ring (bicyclic) bond motifs is 1. The minimum absolute atomic E-state index is 0.0166. The summed E-state index contributed by atoms with van der Waals surface area (Å²) in [4.78, 5) is 38.1. The number of rotatable bonds is 4. The molecule has 10 nitrogen and oxygen atoms in total. The Labute approximate surface area is 196 Å². The Kier molecular flexibility index (Phi) is 6.19. The fourth-order valence-electron chi connectivity index (χ4n) is 3.66. The number of hydrogen-bond donors (Lipinski definition) is 0. The highest BCUT2D eigenvalue weighted by molar-refractivity contribution is 7.90. The molecule has 3 aromatic rings. The summed E-state index contributed by atoms with van der Waals surface area (Å²) < 4.78 is 43.8. The third-order valence-electron chi connectivity index (χ3n) is 5.28. The number of esters is 1. The first-order valence-electron chi connectivity index (χ1n) is 10.2. The van der Waals surface area contributed by atoms with Gasteiger partial charge >= 0.3 is 25.0 Å². The Hall–Kier alpha value is -3.64. The van der Waals surface area contributed by atoms with Crippen LogP contribution in [0.25, 0.3) is 10.9 Å². The van der Waals surface area contributed by atoms with Gasteiger partial charge in [0.25, 0.3) is 10.0 Å². The first-order chi connectivity index (χ1) is 16.1. The number of carbonyl (C=O) groups is 3. The maximum atomic E-state index is 13.7. The van der Waals surface area contributed by atoms with Crippen LogP contribution in [0.15, 0.2) is 53.4 Å². The van der Waals surface area contributed by atoms with Gasteiger partial charge in [-0.2, -0.15) is 0 Å². The highest BCUT2D eigenvalue weighted by atomic mass is 32.2. The molecule has 0 aliphatic carbocycles. The summed E-state index contributed by atoms with van der Waals surface area (Å²) in [6.07, 6.45) is 0. The van der Waals surface area contributed by atoms with Gasteiger partial charge in [-0.25, -0.2) is 17.2 Å². The van der Waals surface area contributed by atoms with Gasteiger partial charge in [0.1, 0.15) is 0 Å². The van der Waals surface area contributed by atoms with Gasteiger partial charge in [-0.05, 0) is 50.4 Å². The predicted octanol–water partition coefficient (Wildman–Crippen LogP) is 0.700. The van der Waals surface area contributed by atoms with Gasteiger partial charge < -0.3 is 14.0 Å². The van der Waals surface area contributed by atoms with Crippen molar-refractivity contribution >= 4 is 51.5 Å². The molecule has 0 spiro atoms. The maximum absolute atomic E-state index is 13.7. The van der Waals surface area contributed by atoms with Gasteiger partial charge in [0.2, 0.25) is 0 Å². The average molecular weight is 484 g/mol. The van der Waals surface area contributed by atoms with E-state index in [2.05, 4.69) is 0 Å². The number of carbonyl (C=O) groups excluding carboxylic acids is 3. The Balaban J connectivity index is 1.94. The van der Waals surface area contributed by atoms with Crippen molar-refractivity contribution in [3.63, 3.8) is 0 Å². The zero-order valence-electron chi connectivity index (χ0n) is 18.7. The molecular weight excluding hydrogens is 463 g/mol. The lowest BCUT2D eigenvalue weighted by Crippen LogP contribution is -2.50. The third-order valence-corrected chi connectivity index (χ3v) is 7.04. The average Bonchev–Trinajstić information content (AvgIpc) is 3.16. The minimum Gasteiger partial charge on any atom is -0.493 e. The summed E-state index contributed by atoms with van der Waals surface area (Å²) in [5.41, 5.74) is 1.17. The van der Waals surface area contributed by atoms with Crippen LogP contribution in [0.5, 0.6) is 0 Å². The van der Waals surface area contributed by atoms with Crippen molar-refractivity contribution in [2.75, 3.05) is 27.2 Å². The number of benzene rings is 2. The zero-order valence-corrected chi connectivity index (χ0v) is 19.5. The number of likely N-dealkylation sites (N-methyl/N-ethyl adjacent to an activating group) is 1. The topological polar surface area (TPSA) is 121 Å². The summed E-state index contributed by atoms with van der Waals surface area (Å²) in [6.45, 7) is 1.47. The number of ether oxygens (including phenoxy) is 1. The quantitative estimate of drug-likeness (QED) is 0.389. The van der Waals surface area contributed by atoms with Crippen LogP contribution in [0, 0.1) is 6.92 Å². The van der Waals surface area contributed by atoms with Crippen molar-refractivity contribution in [3.05, 3.63) is 59.7 Å². The van der Waals surface area contributed by atoms with Gasteiger partial charge in [0.05, 0.1) is 41.8 Å². The van der Waals surface area contributed by atoms with Crippen molar-refractivity contribution in [2.24, 2.45) is 0 Å². The van der Waals surface area contributed by atoms with E-state index in [-0.39, 0.29) is 34.7 Å². The second-order valence-corrected chi connectivity index (χ2v) is 9.69. The van der Waals surface area contributed by atoms with Gasteiger partial charge in [0.15, 0.2) is 0 Å². The van der Waals surface area contributed by atoms with Crippen LogP contribution in [-0.4, -0.2) is 69.6 Å². The van der Waals surface area contributed by atoms with Crippen LogP contribution in [0.3, 0.4) is 0 Å². The molecule has 2 heterocycles. The molecule has 34 heavy (non-hydrogen) atoms. The fraction of sp³-hybridized carbons (Fsp3) is 0.227. The summed E-state index contributed by atoms with van der Waals surface area (Å²) in [6, 6.07) is 11.9. The van der Waals surface area contributed by atoms with Crippen molar-refractivity contribution in [3.8, 4) is 0 Å². The van der Waals surface area contributed by atoms with E-state index < -0.39 is 35.0 Å². The number of methoxy groups -OCH3 is 1. The number of aromatic nitrogens is 1. The molecule has 2 aromatic carbocycles. The van der Waals surface area contributed by atoms with Crippen molar-refractivity contribution < 1.29 is 36.8 Å². The Morgan fingerprint density at radius 3 is 2.21 bits per heavy atom. The van der Waals surface area contributed by atoms with Gasteiger partial charge in [-0.3, -0.25) is 14.5 Å². The second kappa shape index (κ2) is 8.95. The SMILES string of the molecule is COC(=O)c1ccc2c(c1)cc(B1OC(=O)CN(C)CC(=O)O1)n2S(=O)(=O)c1ccc(C)cc1. The molecule has 0 N–H and O–H groups in total. The first kappa shape index (κ1) is 23.5. The summed E-state index contributed by atoms with van der Waals surface area (Å²) in [5.74, 6) is -2.00. The normalized spacial score (nSPS) is 15.4. The molecule has 0 atom stereocenters. The molecule has 1 aromatic heterocycles. The molecule has 176 valence electrons. The maximum Gasteiger partial charge on any atom is 0.655 e. The van der Waals surface area contributed by atoms with Crippen LogP contribution >= 0.6 is 0 Å². The van der Waals surface area contributed by atoms with E-state index in [0.717, 1.165) is 9.54 Å². The summed E-state index contributed by atoms with van der Waals surface area (Å²) >= 11 is 0.